The molecule has 0 atom stereocenters. The van der Waals surface area contributed by atoms with E-state index in [1.54, 1.807) is 6.07 Å². The van der Waals surface area contributed by atoms with Gasteiger partial charge in [0.05, 0.1) is 5.39 Å². The number of benzene rings is 2. The number of hydrogen-bond acceptors (Lipinski definition) is 6. The van der Waals surface area contributed by atoms with E-state index in [0.29, 0.717) is 45.3 Å². The molecule has 0 bridgehead atoms. The van der Waals surface area contributed by atoms with E-state index in [2.05, 4.69) is 4.98 Å². The normalized spacial score (nSPS) is 10.8. The highest BCUT2D eigenvalue weighted by atomic mass is 35.5. The molecular weight excluding hydrogens is 443 g/mol. The van der Waals surface area contributed by atoms with E-state index in [9.17, 15) is 4.79 Å². The number of rotatable bonds is 5. The van der Waals surface area contributed by atoms with Crippen LogP contribution in [-0.2, 0) is 13.0 Å². The molecule has 0 aliphatic rings. The van der Waals surface area contributed by atoms with Crippen molar-refractivity contribution in [1.29, 1.82) is 0 Å². The van der Waals surface area contributed by atoms with Crippen LogP contribution in [0.1, 0.15) is 23.7 Å². The van der Waals surface area contributed by atoms with Crippen LogP contribution < -0.4 is 15.9 Å². The summed E-state index contributed by atoms with van der Waals surface area (Å²) in [4.78, 5) is 17.5. The third-order valence-corrected chi connectivity index (χ3v) is 6.00. The first-order valence-corrected chi connectivity index (χ1v) is 10.4. The average molecular weight is 463 g/mol. The molecule has 2 aromatic carbocycles. The molecule has 0 amide bonds. The van der Waals surface area contributed by atoms with E-state index in [4.69, 9.17) is 26.5 Å². The first-order chi connectivity index (χ1) is 14.0. The van der Waals surface area contributed by atoms with Gasteiger partial charge in [-0.05, 0) is 31.0 Å². The van der Waals surface area contributed by atoms with Gasteiger partial charge in [-0.25, -0.2) is 4.98 Å². The molecule has 4 aromatic rings. The lowest BCUT2D eigenvalue weighted by molar-refractivity contribution is 0.303. The van der Waals surface area contributed by atoms with Gasteiger partial charge >= 0.3 is 0 Å². The third-order valence-electron chi connectivity index (χ3n) is 4.66. The zero-order valence-electron chi connectivity index (χ0n) is 16.4. The summed E-state index contributed by atoms with van der Waals surface area (Å²) in [6.07, 6.45) is 0.698. The summed E-state index contributed by atoms with van der Waals surface area (Å²) >= 11 is 7.59. The molecular formula is C22H20Cl2N2O3S. The number of hydrogen-bond donors (Lipinski definition) is 1. The number of halogens is 2. The lowest BCUT2D eigenvalue weighted by Crippen LogP contribution is -2.10. The van der Waals surface area contributed by atoms with Crippen LogP contribution in [-0.4, -0.2) is 4.98 Å². The van der Waals surface area contributed by atoms with E-state index in [1.807, 2.05) is 49.6 Å². The van der Waals surface area contributed by atoms with Gasteiger partial charge in [-0.3, -0.25) is 4.79 Å². The number of anilines is 1. The Morgan fingerprint density at radius 3 is 2.67 bits per heavy atom. The van der Waals surface area contributed by atoms with Crippen LogP contribution in [0.15, 0.2) is 51.0 Å². The van der Waals surface area contributed by atoms with Crippen molar-refractivity contribution in [2.45, 2.75) is 26.9 Å². The first-order valence-electron chi connectivity index (χ1n) is 9.15. The maximum atomic E-state index is 13.1. The van der Waals surface area contributed by atoms with Crippen molar-refractivity contribution in [2.75, 3.05) is 5.73 Å². The number of nitrogens with two attached hydrogens (primary N) is 1. The van der Waals surface area contributed by atoms with Crippen molar-refractivity contribution in [1.82, 2.24) is 4.98 Å². The zero-order valence-corrected chi connectivity index (χ0v) is 18.8. The Bertz CT molecular complexity index is 1270. The van der Waals surface area contributed by atoms with Crippen LogP contribution in [0, 0.1) is 6.92 Å². The minimum Gasteiger partial charge on any atom is -0.488 e. The molecule has 0 spiro atoms. The Balaban J connectivity index is 0.00000256. The maximum Gasteiger partial charge on any atom is 0.205 e. The van der Waals surface area contributed by atoms with Gasteiger partial charge in [0.15, 0.2) is 0 Å². The monoisotopic (exact) mass is 462 g/mol. The fourth-order valence-electron chi connectivity index (χ4n) is 3.14. The lowest BCUT2D eigenvalue weighted by Gasteiger charge is -2.13. The van der Waals surface area contributed by atoms with Crippen molar-refractivity contribution in [3.05, 3.63) is 73.8 Å². The summed E-state index contributed by atoms with van der Waals surface area (Å²) in [7, 11) is 0. The van der Waals surface area contributed by atoms with Crippen LogP contribution in [0.25, 0.3) is 21.5 Å². The molecule has 8 heteroatoms. The molecule has 2 N–H and O–H groups in total. The summed E-state index contributed by atoms with van der Waals surface area (Å²) in [5.74, 6) is 0.693. The van der Waals surface area contributed by atoms with Gasteiger partial charge in [-0.15, -0.1) is 23.7 Å². The van der Waals surface area contributed by atoms with E-state index in [-0.39, 0.29) is 23.7 Å². The number of fused-ring (bicyclic) bond motifs is 1. The van der Waals surface area contributed by atoms with Crippen LogP contribution in [0.4, 0.5) is 5.88 Å². The van der Waals surface area contributed by atoms with Crippen molar-refractivity contribution in [3.63, 3.8) is 0 Å². The molecule has 156 valence electrons. The quantitative estimate of drug-likeness (QED) is 0.391. The number of aryl methyl sites for hydroxylation is 2. The molecule has 0 aliphatic carbocycles. The smallest absolute Gasteiger partial charge is 0.205 e. The van der Waals surface area contributed by atoms with E-state index < -0.39 is 0 Å². The molecule has 0 fully saturated rings. The molecule has 0 saturated heterocycles. The van der Waals surface area contributed by atoms with Crippen molar-refractivity contribution < 1.29 is 9.15 Å². The van der Waals surface area contributed by atoms with Gasteiger partial charge in [0.1, 0.15) is 28.5 Å². The van der Waals surface area contributed by atoms with Gasteiger partial charge < -0.3 is 14.9 Å². The highest BCUT2D eigenvalue weighted by molar-refractivity contribution is 7.13. The number of thiazole rings is 1. The summed E-state index contributed by atoms with van der Waals surface area (Å²) in [6.45, 7) is 4.19. The predicted molar refractivity (Wildman–Crippen MR) is 125 cm³/mol. The minimum absolute atomic E-state index is 0. The molecule has 0 radical (unpaired) electrons. The molecule has 0 saturated carbocycles. The highest BCUT2D eigenvalue weighted by Gasteiger charge is 2.19. The predicted octanol–water partition coefficient (Wildman–Crippen LogP) is 6.02. The number of ether oxygens (including phenoxy) is 1. The molecule has 30 heavy (non-hydrogen) atoms. The standard InChI is InChI=1S/C22H19ClN2O3S.ClH/c1-3-13-8-15-18(9-17(13)27-10-14-6-4-5-7-16(14)23)28-21(24)19(20(15)26)22-25-12(2)11-29-22;/h4-9,11H,3,10,24H2,1-2H3;1H. The first kappa shape index (κ1) is 22.2. The second-order valence-corrected chi connectivity index (χ2v) is 7.92. The van der Waals surface area contributed by atoms with Gasteiger partial charge in [0, 0.05) is 27.7 Å². The molecule has 0 unspecified atom stereocenters. The second-order valence-electron chi connectivity index (χ2n) is 6.65. The van der Waals surface area contributed by atoms with Crippen LogP contribution >= 0.6 is 35.3 Å². The van der Waals surface area contributed by atoms with E-state index in [1.165, 1.54) is 11.3 Å². The fourth-order valence-corrected chi connectivity index (χ4v) is 4.17. The number of nitrogens with zero attached hydrogens (tertiary/aromatic N) is 1. The topological polar surface area (TPSA) is 78.4 Å². The number of aromatic nitrogens is 1. The van der Waals surface area contributed by atoms with Gasteiger partial charge in [-0.2, -0.15) is 0 Å². The molecule has 2 aromatic heterocycles. The minimum atomic E-state index is -0.189. The van der Waals surface area contributed by atoms with Gasteiger partial charge in [0.25, 0.3) is 0 Å². The summed E-state index contributed by atoms with van der Waals surface area (Å²) in [5.41, 5.74) is 9.20. The second kappa shape index (κ2) is 9.08. The third kappa shape index (κ3) is 4.17. The largest absolute Gasteiger partial charge is 0.488 e. The Hall–Kier alpha value is -2.54. The lowest BCUT2D eigenvalue weighted by atomic mass is 10.1. The van der Waals surface area contributed by atoms with Crippen LogP contribution in [0.2, 0.25) is 5.02 Å². The van der Waals surface area contributed by atoms with E-state index in [0.717, 1.165) is 16.8 Å². The van der Waals surface area contributed by atoms with E-state index >= 15 is 0 Å². The Morgan fingerprint density at radius 2 is 2.00 bits per heavy atom. The average Bonchev–Trinajstić information content (AvgIpc) is 3.12. The van der Waals surface area contributed by atoms with Crippen molar-refractivity contribution in [2.24, 2.45) is 0 Å². The number of nitrogen functional groups attached to an aromatic ring is 1. The zero-order chi connectivity index (χ0) is 20.5. The Morgan fingerprint density at radius 1 is 1.23 bits per heavy atom. The molecule has 0 aliphatic heterocycles. The van der Waals surface area contributed by atoms with Crippen LogP contribution in [0.5, 0.6) is 5.75 Å². The summed E-state index contributed by atoms with van der Waals surface area (Å²) in [5, 5.41) is 3.55. The summed E-state index contributed by atoms with van der Waals surface area (Å²) in [6, 6.07) is 11.1. The SMILES string of the molecule is CCc1cc2c(=O)c(-c3nc(C)cs3)c(N)oc2cc1OCc1ccccc1Cl.Cl. The van der Waals surface area contributed by atoms with Crippen molar-refractivity contribution in [3.8, 4) is 16.3 Å². The molecule has 4 rings (SSSR count). The van der Waals surface area contributed by atoms with Crippen molar-refractivity contribution >= 4 is 52.2 Å². The summed E-state index contributed by atoms with van der Waals surface area (Å²) < 4.78 is 11.8. The van der Waals surface area contributed by atoms with Gasteiger partial charge in [0.2, 0.25) is 11.3 Å². The van der Waals surface area contributed by atoms with Gasteiger partial charge in [-0.1, -0.05) is 36.7 Å². The molecule has 2 heterocycles. The highest BCUT2D eigenvalue weighted by Crippen LogP contribution is 2.32. The maximum absolute atomic E-state index is 13.1. The molecule has 5 nitrogen and oxygen atoms in total. The Kier molecular flexibility index (Phi) is 6.71. The Labute approximate surface area is 188 Å². The fraction of sp³-hybridized carbons (Fsp3) is 0.182. The van der Waals surface area contributed by atoms with Crippen LogP contribution in [0.3, 0.4) is 0 Å².